The molecular formula is C23H29ClN4O4S. The van der Waals surface area contributed by atoms with Crippen LogP contribution in [0.5, 0.6) is 0 Å². The Labute approximate surface area is 199 Å². The Balaban J connectivity index is 1.38. The lowest BCUT2D eigenvalue weighted by molar-refractivity contribution is -0.125. The largest absolute Gasteiger partial charge is 0.378 e. The van der Waals surface area contributed by atoms with Gasteiger partial charge in [0.25, 0.3) is 0 Å². The van der Waals surface area contributed by atoms with Crippen molar-refractivity contribution in [1.82, 2.24) is 14.7 Å². The van der Waals surface area contributed by atoms with Gasteiger partial charge in [-0.1, -0.05) is 23.7 Å². The minimum absolute atomic E-state index is 0.0446. The number of hydrogen-bond donors (Lipinski definition) is 0. The molecule has 4 rings (SSSR count). The van der Waals surface area contributed by atoms with Gasteiger partial charge in [0, 0.05) is 44.0 Å². The van der Waals surface area contributed by atoms with E-state index in [1.165, 1.54) is 6.08 Å². The van der Waals surface area contributed by atoms with Gasteiger partial charge in [0.05, 0.1) is 36.5 Å². The van der Waals surface area contributed by atoms with Crippen molar-refractivity contribution in [1.29, 1.82) is 0 Å². The van der Waals surface area contributed by atoms with E-state index in [1.54, 1.807) is 29.6 Å². The number of amides is 1. The molecule has 8 nitrogen and oxygen atoms in total. The van der Waals surface area contributed by atoms with Crippen LogP contribution >= 0.6 is 11.6 Å². The highest BCUT2D eigenvalue weighted by Crippen LogP contribution is 2.30. The molecule has 178 valence electrons. The van der Waals surface area contributed by atoms with E-state index in [-0.39, 0.29) is 23.5 Å². The molecule has 10 heteroatoms. The molecule has 2 aliphatic rings. The molecule has 1 atom stereocenters. The summed E-state index contributed by atoms with van der Waals surface area (Å²) in [6.45, 7) is 5.55. The van der Waals surface area contributed by atoms with E-state index in [2.05, 4.69) is 22.1 Å². The number of aromatic nitrogens is 2. The Morgan fingerprint density at radius 2 is 1.97 bits per heavy atom. The van der Waals surface area contributed by atoms with Gasteiger partial charge in [-0.2, -0.15) is 5.10 Å². The first-order valence-electron chi connectivity index (χ1n) is 11.0. The molecule has 3 heterocycles. The van der Waals surface area contributed by atoms with E-state index < -0.39 is 9.84 Å². The van der Waals surface area contributed by atoms with Crippen LogP contribution in [0.4, 0.5) is 5.69 Å². The third-order valence-corrected chi connectivity index (χ3v) is 8.25. The average Bonchev–Trinajstić information content (AvgIpc) is 3.30. The summed E-state index contributed by atoms with van der Waals surface area (Å²) in [5, 5.41) is 4.79. The molecule has 1 unspecified atom stereocenters. The molecule has 0 saturated carbocycles. The van der Waals surface area contributed by atoms with Crippen molar-refractivity contribution in [2.45, 2.75) is 25.9 Å². The van der Waals surface area contributed by atoms with Gasteiger partial charge in [0.1, 0.15) is 5.15 Å². The number of rotatable bonds is 6. The van der Waals surface area contributed by atoms with Crippen LogP contribution in [0.1, 0.15) is 29.3 Å². The number of hydrogen-bond acceptors (Lipinski definition) is 6. The third-order valence-electron chi connectivity index (χ3n) is 6.13. The van der Waals surface area contributed by atoms with Crippen molar-refractivity contribution in [2.24, 2.45) is 0 Å². The minimum atomic E-state index is -3.05. The second-order valence-electron chi connectivity index (χ2n) is 8.58. The summed E-state index contributed by atoms with van der Waals surface area (Å²) in [6.07, 6.45) is 3.64. The predicted octanol–water partition coefficient (Wildman–Crippen LogP) is 2.71. The molecule has 0 aliphatic carbocycles. The standard InChI is InChI=1S/C23H29ClN4O4S/c1-17-21(23(24)28(25-17)20-9-14-33(30,31)16-20)7-8-22(29)26(2)15-18-3-5-19(6-4-18)27-10-12-32-13-11-27/h3-8,20H,9-16H2,1-2H3. The van der Waals surface area contributed by atoms with Gasteiger partial charge >= 0.3 is 0 Å². The summed E-state index contributed by atoms with van der Waals surface area (Å²) >= 11 is 6.49. The van der Waals surface area contributed by atoms with Gasteiger partial charge in [0.15, 0.2) is 9.84 Å². The maximum atomic E-state index is 12.7. The Morgan fingerprint density at radius 3 is 2.61 bits per heavy atom. The van der Waals surface area contributed by atoms with Crippen molar-refractivity contribution < 1.29 is 17.9 Å². The van der Waals surface area contributed by atoms with E-state index in [0.717, 1.165) is 37.6 Å². The predicted molar refractivity (Wildman–Crippen MR) is 129 cm³/mol. The summed E-state index contributed by atoms with van der Waals surface area (Å²) in [5.41, 5.74) is 3.50. The maximum Gasteiger partial charge on any atom is 0.246 e. The molecule has 1 aromatic carbocycles. The van der Waals surface area contributed by atoms with Gasteiger partial charge in [-0.15, -0.1) is 0 Å². The summed E-state index contributed by atoms with van der Waals surface area (Å²) in [7, 11) is -1.29. The fraction of sp³-hybridized carbons (Fsp3) is 0.478. The molecule has 0 N–H and O–H groups in total. The van der Waals surface area contributed by atoms with E-state index >= 15 is 0 Å². The minimum Gasteiger partial charge on any atom is -0.378 e. The van der Waals surface area contributed by atoms with Crippen LogP contribution in [0.2, 0.25) is 5.15 Å². The van der Waals surface area contributed by atoms with Crippen LogP contribution in [0.25, 0.3) is 6.08 Å². The first-order chi connectivity index (χ1) is 15.7. The first-order valence-corrected chi connectivity index (χ1v) is 13.2. The number of carbonyl (C=O) groups is 1. The monoisotopic (exact) mass is 492 g/mol. The van der Waals surface area contributed by atoms with Crippen LogP contribution in [-0.4, -0.2) is 73.9 Å². The quantitative estimate of drug-likeness (QED) is 0.576. The van der Waals surface area contributed by atoms with E-state index in [4.69, 9.17) is 16.3 Å². The van der Waals surface area contributed by atoms with Crippen LogP contribution in [0, 0.1) is 6.92 Å². The van der Waals surface area contributed by atoms with E-state index in [0.29, 0.717) is 29.4 Å². The molecule has 0 bridgehead atoms. The zero-order valence-electron chi connectivity index (χ0n) is 18.9. The normalized spacial score (nSPS) is 20.5. The smallest absolute Gasteiger partial charge is 0.246 e. The highest BCUT2D eigenvalue weighted by molar-refractivity contribution is 7.91. The zero-order chi connectivity index (χ0) is 23.6. The Hall–Kier alpha value is -2.36. The number of nitrogens with zero attached hydrogens (tertiary/aromatic N) is 4. The van der Waals surface area contributed by atoms with Crippen LogP contribution in [-0.2, 0) is 25.9 Å². The van der Waals surface area contributed by atoms with Crippen molar-refractivity contribution in [3.05, 3.63) is 52.3 Å². The van der Waals surface area contributed by atoms with Gasteiger partial charge < -0.3 is 14.5 Å². The van der Waals surface area contributed by atoms with Crippen molar-refractivity contribution in [2.75, 3.05) is 49.8 Å². The number of aryl methyl sites for hydroxylation is 1. The molecule has 2 aromatic rings. The molecule has 33 heavy (non-hydrogen) atoms. The van der Waals surface area contributed by atoms with Crippen molar-refractivity contribution in [3.63, 3.8) is 0 Å². The SMILES string of the molecule is Cc1nn(C2CCS(=O)(=O)C2)c(Cl)c1C=CC(=O)N(C)Cc1ccc(N2CCOCC2)cc1. The van der Waals surface area contributed by atoms with Crippen LogP contribution in [0.3, 0.4) is 0 Å². The summed E-state index contributed by atoms with van der Waals surface area (Å²) < 4.78 is 30.6. The van der Waals surface area contributed by atoms with Crippen LogP contribution < -0.4 is 4.90 Å². The molecule has 2 saturated heterocycles. The Bertz CT molecular complexity index is 1140. The molecule has 2 fully saturated rings. The lowest BCUT2D eigenvalue weighted by Crippen LogP contribution is -2.36. The number of carbonyl (C=O) groups excluding carboxylic acids is 1. The lowest BCUT2D eigenvalue weighted by atomic mass is 10.1. The number of halogens is 1. The Kier molecular flexibility index (Phi) is 7.11. The van der Waals surface area contributed by atoms with Crippen molar-refractivity contribution >= 4 is 39.1 Å². The summed E-state index contributed by atoms with van der Waals surface area (Å²) in [5.74, 6) is 0.0385. The molecular weight excluding hydrogens is 464 g/mol. The molecule has 1 aromatic heterocycles. The topological polar surface area (TPSA) is 84.7 Å². The molecule has 2 aliphatic heterocycles. The van der Waals surface area contributed by atoms with Gasteiger partial charge in [0.2, 0.25) is 5.91 Å². The lowest BCUT2D eigenvalue weighted by Gasteiger charge is -2.29. The van der Waals surface area contributed by atoms with Crippen molar-refractivity contribution in [3.8, 4) is 0 Å². The number of sulfone groups is 1. The molecule has 1 amide bonds. The van der Waals surface area contributed by atoms with Gasteiger partial charge in [-0.25, -0.2) is 13.1 Å². The number of likely N-dealkylation sites (N-methyl/N-ethyl adjacent to an activating group) is 1. The van der Waals surface area contributed by atoms with E-state index in [1.807, 2.05) is 12.1 Å². The van der Waals surface area contributed by atoms with Crippen LogP contribution in [0.15, 0.2) is 30.3 Å². The second-order valence-corrected chi connectivity index (χ2v) is 11.2. The molecule has 0 radical (unpaired) electrons. The Morgan fingerprint density at radius 1 is 1.27 bits per heavy atom. The number of benzene rings is 1. The maximum absolute atomic E-state index is 12.7. The summed E-state index contributed by atoms with van der Waals surface area (Å²) in [4.78, 5) is 16.6. The summed E-state index contributed by atoms with van der Waals surface area (Å²) in [6, 6.07) is 7.98. The third kappa shape index (κ3) is 5.59. The zero-order valence-corrected chi connectivity index (χ0v) is 20.5. The molecule has 0 spiro atoms. The number of anilines is 1. The fourth-order valence-electron chi connectivity index (χ4n) is 4.20. The highest BCUT2D eigenvalue weighted by atomic mass is 35.5. The fourth-order valence-corrected chi connectivity index (χ4v) is 6.27. The van der Waals surface area contributed by atoms with E-state index in [9.17, 15) is 13.2 Å². The highest BCUT2D eigenvalue weighted by Gasteiger charge is 2.31. The number of morpholine rings is 1. The second kappa shape index (κ2) is 9.87. The average molecular weight is 493 g/mol. The number of ether oxygens (including phenoxy) is 1. The van der Waals surface area contributed by atoms with Gasteiger partial charge in [-0.3, -0.25) is 4.79 Å². The van der Waals surface area contributed by atoms with Gasteiger partial charge in [-0.05, 0) is 37.1 Å². The first kappa shape index (κ1) is 23.8.